The molecule has 0 unspecified atom stereocenters. The van der Waals surface area contributed by atoms with Gasteiger partial charge >= 0.3 is 0 Å². The molecule has 4 aliphatic rings. The van der Waals surface area contributed by atoms with Crippen molar-refractivity contribution in [3.05, 3.63) is 155 Å². The molecule has 6 aromatic heterocycles. The molecular formula is C46H38N8. The van der Waals surface area contributed by atoms with E-state index in [0.29, 0.717) is 0 Å². The van der Waals surface area contributed by atoms with Crippen LogP contribution in [0.2, 0.25) is 0 Å². The SMILES string of the molecule is c1cc(-c2c3nc(cc4ccc(cc5nc(cc6ccc2[nH]6)CC5)[nH]4)CC3)cc(-c2c3nc(cc4ccc(cc5nc(cc6ccc2[nH]6)CC5)[nH]4)CC3)c1. The number of nitrogens with one attached hydrogen (secondary N) is 4. The van der Waals surface area contributed by atoms with E-state index in [0.717, 1.165) is 163 Å². The molecule has 10 heterocycles. The molecule has 1 aromatic carbocycles. The average molecular weight is 703 g/mol. The molecule has 0 saturated heterocycles. The first-order valence-corrected chi connectivity index (χ1v) is 19.0. The number of aromatic amines is 4. The summed E-state index contributed by atoms with van der Waals surface area (Å²) in [4.78, 5) is 35.1. The molecule has 0 fully saturated rings. The highest BCUT2D eigenvalue weighted by atomic mass is 14.8. The number of aromatic nitrogens is 8. The monoisotopic (exact) mass is 702 g/mol. The van der Waals surface area contributed by atoms with Crippen LogP contribution in [0.3, 0.4) is 0 Å². The average Bonchev–Trinajstić information content (AvgIpc) is 4.01. The van der Waals surface area contributed by atoms with Crippen LogP contribution in [0.1, 0.15) is 45.6 Å². The minimum absolute atomic E-state index is 0.863. The zero-order chi connectivity index (χ0) is 35.6. The van der Waals surface area contributed by atoms with Crippen molar-refractivity contribution in [1.29, 1.82) is 0 Å². The van der Waals surface area contributed by atoms with Gasteiger partial charge in [0.25, 0.3) is 0 Å². The van der Waals surface area contributed by atoms with Gasteiger partial charge in [-0.2, -0.15) is 0 Å². The first-order chi connectivity index (χ1) is 26.6. The lowest BCUT2D eigenvalue weighted by Crippen LogP contribution is -1.91. The number of H-pyrrole nitrogens is 4. The summed E-state index contributed by atoms with van der Waals surface area (Å²) < 4.78 is 0. The summed E-state index contributed by atoms with van der Waals surface area (Å²) in [7, 11) is 0. The van der Waals surface area contributed by atoms with Crippen LogP contribution in [0.25, 0.3) is 66.4 Å². The molecule has 0 saturated carbocycles. The van der Waals surface area contributed by atoms with Crippen LogP contribution in [0.5, 0.6) is 0 Å². The molecule has 0 radical (unpaired) electrons. The van der Waals surface area contributed by atoms with Crippen molar-refractivity contribution in [3.8, 4) is 22.3 Å². The predicted octanol–water partition coefficient (Wildman–Crippen LogP) is 9.42. The van der Waals surface area contributed by atoms with Gasteiger partial charge in [-0.1, -0.05) is 18.2 Å². The fraction of sp³-hybridized carbons (Fsp3) is 0.174. The largest absolute Gasteiger partial charge is 0.355 e. The predicted molar refractivity (Wildman–Crippen MR) is 216 cm³/mol. The van der Waals surface area contributed by atoms with Gasteiger partial charge in [-0.05, 0) is 153 Å². The minimum atomic E-state index is 0.863. The normalized spacial score (nSPS) is 14.1. The lowest BCUT2D eigenvalue weighted by molar-refractivity contribution is 1.02. The van der Waals surface area contributed by atoms with E-state index in [2.05, 4.69) is 129 Å². The van der Waals surface area contributed by atoms with Crippen molar-refractivity contribution in [3.63, 3.8) is 0 Å². The fourth-order valence-corrected chi connectivity index (χ4v) is 8.50. The van der Waals surface area contributed by atoms with Crippen molar-refractivity contribution >= 4 is 44.1 Å². The van der Waals surface area contributed by atoms with E-state index in [1.165, 1.54) is 0 Å². The molecule has 0 spiro atoms. The van der Waals surface area contributed by atoms with Crippen molar-refractivity contribution in [2.24, 2.45) is 0 Å². The van der Waals surface area contributed by atoms with Crippen LogP contribution < -0.4 is 0 Å². The molecule has 7 aromatic rings. The second-order valence-electron chi connectivity index (χ2n) is 14.9. The van der Waals surface area contributed by atoms with Crippen LogP contribution >= 0.6 is 0 Å². The smallest absolute Gasteiger partial charge is 0.0509 e. The summed E-state index contributed by atoms with van der Waals surface area (Å²) in [5.74, 6) is 0. The van der Waals surface area contributed by atoms with Crippen LogP contribution in [0.4, 0.5) is 0 Å². The number of hydrogen-bond donors (Lipinski definition) is 4. The van der Waals surface area contributed by atoms with Gasteiger partial charge in [0.15, 0.2) is 0 Å². The molecule has 54 heavy (non-hydrogen) atoms. The molecule has 0 aliphatic carbocycles. The van der Waals surface area contributed by atoms with Crippen LogP contribution in [0.15, 0.2) is 109 Å². The molecule has 0 atom stereocenters. The summed E-state index contributed by atoms with van der Waals surface area (Å²) >= 11 is 0. The Morgan fingerprint density at radius 2 is 0.648 bits per heavy atom. The van der Waals surface area contributed by atoms with Crippen molar-refractivity contribution in [1.82, 2.24) is 39.9 Å². The van der Waals surface area contributed by atoms with E-state index in [1.54, 1.807) is 0 Å². The van der Waals surface area contributed by atoms with Crippen LogP contribution in [-0.2, 0) is 51.4 Å². The number of rotatable bonds is 2. The van der Waals surface area contributed by atoms with Crippen molar-refractivity contribution in [2.75, 3.05) is 0 Å². The second-order valence-corrected chi connectivity index (χ2v) is 14.9. The topological polar surface area (TPSA) is 115 Å². The maximum Gasteiger partial charge on any atom is 0.0509 e. The molecule has 4 aliphatic heterocycles. The fourth-order valence-electron chi connectivity index (χ4n) is 8.50. The highest BCUT2D eigenvalue weighted by Gasteiger charge is 2.19. The Balaban J connectivity index is 1.14. The first-order valence-electron chi connectivity index (χ1n) is 19.0. The van der Waals surface area contributed by atoms with Crippen molar-refractivity contribution in [2.45, 2.75) is 51.4 Å². The zero-order valence-corrected chi connectivity index (χ0v) is 29.8. The van der Waals surface area contributed by atoms with E-state index in [1.807, 2.05) is 0 Å². The quantitative estimate of drug-likeness (QED) is 0.144. The second kappa shape index (κ2) is 12.6. The summed E-state index contributed by atoms with van der Waals surface area (Å²) in [5.41, 5.74) is 21.7. The maximum absolute atomic E-state index is 5.28. The Morgan fingerprint density at radius 1 is 0.315 bits per heavy atom. The zero-order valence-electron chi connectivity index (χ0n) is 29.8. The van der Waals surface area contributed by atoms with Gasteiger partial charge in [0.1, 0.15) is 0 Å². The summed E-state index contributed by atoms with van der Waals surface area (Å²) in [6.07, 6.45) is 7.23. The van der Waals surface area contributed by atoms with Crippen LogP contribution in [-0.4, -0.2) is 39.9 Å². The van der Waals surface area contributed by atoms with Gasteiger partial charge in [-0.15, -0.1) is 0 Å². The van der Waals surface area contributed by atoms with Crippen LogP contribution in [0, 0.1) is 0 Å². The molecule has 4 N–H and O–H groups in total. The molecule has 11 rings (SSSR count). The summed E-state index contributed by atoms with van der Waals surface area (Å²) in [5, 5.41) is 0. The molecule has 0 amide bonds. The Morgan fingerprint density at radius 3 is 1.06 bits per heavy atom. The number of nitrogens with zero attached hydrogens (tertiary/aromatic N) is 4. The van der Waals surface area contributed by atoms with E-state index in [-0.39, 0.29) is 0 Å². The van der Waals surface area contributed by atoms with Gasteiger partial charge in [0, 0.05) is 89.4 Å². The number of hydrogen-bond acceptors (Lipinski definition) is 4. The Hall–Kier alpha value is -6.54. The molecule has 8 heteroatoms. The Bertz CT molecular complexity index is 2780. The third-order valence-corrected chi connectivity index (χ3v) is 11.0. The Labute approximate surface area is 311 Å². The number of fused-ring (bicyclic) bond motifs is 16. The van der Waals surface area contributed by atoms with E-state index < -0.39 is 0 Å². The molecule has 8 nitrogen and oxygen atoms in total. The van der Waals surface area contributed by atoms with Crippen molar-refractivity contribution < 1.29 is 0 Å². The summed E-state index contributed by atoms with van der Waals surface area (Å²) in [6.45, 7) is 0. The maximum atomic E-state index is 5.28. The third-order valence-electron chi connectivity index (χ3n) is 11.0. The standard InChI is InChI=1S/C46H38N8/c1-2-27(45-41-16-12-37(51-41)23-33-8-4-29(47-33)21-30-5-9-34(48-30)24-38-13-17-42(45)52-38)20-28(3-1)46-43-18-14-39(53-43)25-35-10-6-31(49-35)22-32-7-11-36(50-32)26-40-15-19-44(46)54-40/h1-4,6,8,10,13,15,17,19-26,47,49,52,54H,5,7,9,11-12,14,16,18H2. The van der Waals surface area contributed by atoms with Gasteiger partial charge < -0.3 is 19.9 Å². The van der Waals surface area contributed by atoms with Gasteiger partial charge in [0.05, 0.1) is 11.4 Å². The molecular weight excluding hydrogens is 665 g/mol. The highest BCUT2D eigenvalue weighted by Crippen LogP contribution is 2.35. The first kappa shape index (κ1) is 31.0. The minimum Gasteiger partial charge on any atom is -0.355 e. The van der Waals surface area contributed by atoms with Gasteiger partial charge in [0.2, 0.25) is 0 Å². The Kier molecular flexibility index (Phi) is 7.21. The van der Waals surface area contributed by atoms with Gasteiger partial charge in [-0.25, -0.2) is 0 Å². The van der Waals surface area contributed by atoms with E-state index in [9.17, 15) is 0 Å². The van der Waals surface area contributed by atoms with E-state index in [4.69, 9.17) is 19.9 Å². The lowest BCUT2D eigenvalue weighted by Gasteiger charge is -2.10. The third kappa shape index (κ3) is 5.90. The summed E-state index contributed by atoms with van der Waals surface area (Å²) in [6, 6.07) is 39.3. The van der Waals surface area contributed by atoms with E-state index >= 15 is 0 Å². The molecule has 16 bridgehead atoms. The number of aryl methyl sites for hydroxylation is 8. The van der Waals surface area contributed by atoms with Gasteiger partial charge in [-0.3, -0.25) is 19.9 Å². The molecule has 262 valence electrons. The lowest BCUT2D eigenvalue weighted by atomic mass is 9.96. The number of benzene rings is 1. The highest BCUT2D eigenvalue weighted by molar-refractivity contribution is 5.89.